The van der Waals surface area contributed by atoms with Crippen LogP contribution in [0.15, 0.2) is 23.1 Å². The molecular weight excluding hydrogens is 312 g/mol. The van der Waals surface area contributed by atoms with Crippen LogP contribution in [0.3, 0.4) is 0 Å². The summed E-state index contributed by atoms with van der Waals surface area (Å²) < 4.78 is 39.4. The third kappa shape index (κ3) is 5.08. The molecule has 0 fully saturated rings. The number of carbonyl (C=O) groups is 1. The van der Waals surface area contributed by atoms with Crippen LogP contribution in [0.2, 0.25) is 0 Å². The summed E-state index contributed by atoms with van der Waals surface area (Å²) in [6.07, 6.45) is -0.919. The number of methoxy groups -OCH3 is 2. The van der Waals surface area contributed by atoms with Gasteiger partial charge in [0.05, 0.1) is 14.2 Å². The summed E-state index contributed by atoms with van der Waals surface area (Å²) in [5.41, 5.74) is 1.22. The molecule has 0 aromatic heterocycles. The average molecular weight is 332 g/mol. The zero-order valence-electron chi connectivity index (χ0n) is 13.1. The van der Waals surface area contributed by atoms with Gasteiger partial charge in [0, 0.05) is 6.07 Å². The van der Waals surface area contributed by atoms with Gasteiger partial charge in [-0.1, -0.05) is 0 Å². The number of benzene rings is 1. The van der Waals surface area contributed by atoms with E-state index in [0.717, 1.165) is 0 Å². The summed E-state index contributed by atoms with van der Waals surface area (Å²) in [6, 6.07) is 4.28. The summed E-state index contributed by atoms with van der Waals surface area (Å²) in [4.78, 5) is 13.3. The number of sulfonamides is 1. The summed E-state index contributed by atoms with van der Waals surface area (Å²) in [6.45, 7) is 4.98. The summed E-state index contributed by atoms with van der Waals surface area (Å²) in [5, 5.41) is 0. The third-order valence-corrected chi connectivity index (χ3v) is 3.62. The highest BCUT2D eigenvalue weighted by Gasteiger charge is 2.23. The van der Waals surface area contributed by atoms with Crippen LogP contribution in [0, 0.1) is 0 Å². The second-order valence-electron chi connectivity index (χ2n) is 5.25. The van der Waals surface area contributed by atoms with Gasteiger partial charge >= 0.3 is 6.09 Å². The molecule has 0 saturated heterocycles. The van der Waals surface area contributed by atoms with E-state index in [-0.39, 0.29) is 10.6 Å². The Labute approximate surface area is 129 Å². The van der Waals surface area contributed by atoms with Gasteiger partial charge in [0.2, 0.25) is 0 Å². The summed E-state index contributed by atoms with van der Waals surface area (Å²) >= 11 is 0. The van der Waals surface area contributed by atoms with Crippen molar-refractivity contribution in [2.75, 3.05) is 14.2 Å². The minimum atomic E-state index is -4.05. The Kier molecular flexibility index (Phi) is 5.61. The predicted molar refractivity (Wildman–Crippen MR) is 79.2 cm³/mol. The summed E-state index contributed by atoms with van der Waals surface area (Å²) in [7, 11) is -1.31. The Morgan fingerprint density at radius 1 is 1.14 bits per heavy atom. The lowest BCUT2D eigenvalue weighted by Gasteiger charge is -2.20. The zero-order valence-corrected chi connectivity index (χ0v) is 13.9. The third-order valence-electron chi connectivity index (χ3n) is 2.35. The maximum atomic E-state index is 12.2. The normalized spacial score (nSPS) is 11.7. The predicted octanol–water partition coefficient (Wildman–Crippen LogP) is 1.42. The fraction of sp³-hybridized carbons (Fsp3) is 0.462. The van der Waals surface area contributed by atoms with E-state index in [1.165, 1.54) is 26.4 Å². The van der Waals surface area contributed by atoms with Crippen molar-refractivity contribution >= 4 is 16.1 Å². The van der Waals surface area contributed by atoms with Crippen LogP contribution in [-0.2, 0) is 14.8 Å². The fourth-order valence-electron chi connectivity index (χ4n) is 1.46. The smallest absolute Gasteiger partial charge is 0.423 e. The molecule has 1 rings (SSSR count). The highest BCUT2D eigenvalue weighted by atomic mass is 32.2. The molecule has 0 aliphatic rings. The van der Waals surface area contributed by atoms with Crippen LogP contribution >= 0.6 is 0 Å². The Morgan fingerprint density at radius 3 is 2.27 bits per heavy atom. The number of carbonyl (C=O) groups excluding carboxylic acids is 1. The fourth-order valence-corrected chi connectivity index (χ4v) is 2.48. The molecule has 8 nitrogen and oxygen atoms in total. The van der Waals surface area contributed by atoms with Gasteiger partial charge in [-0.25, -0.2) is 18.6 Å². The Bertz CT molecular complexity index is 636. The first-order valence-corrected chi connectivity index (χ1v) is 7.80. The summed E-state index contributed by atoms with van der Waals surface area (Å²) in [5.74, 6) is 0.442. The molecule has 1 amide bonds. The first-order valence-electron chi connectivity index (χ1n) is 6.32. The van der Waals surface area contributed by atoms with Gasteiger partial charge in [-0.05, 0) is 32.9 Å². The molecule has 1 aromatic rings. The molecule has 0 radical (unpaired) electrons. The van der Waals surface area contributed by atoms with E-state index >= 15 is 0 Å². The molecule has 0 atom stereocenters. The van der Waals surface area contributed by atoms with Crippen molar-refractivity contribution in [3.63, 3.8) is 0 Å². The van der Waals surface area contributed by atoms with Gasteiger partial charge in [-0.3, -0.25) is 0 Å². The van der Waals surface area contributed by atoms with Crippen LogP contribution in [-0.4, -0.2) is 34.3 Å². The van der Waals surface area contributed by atoms with Gasteiger partial charge in [-0.2, -0.15) is 0 Å². The number of nitrogens with one attached hydrogen (secondary N) is 2. The monoisotopic (exact) mass is 332 g/mol. The molecule has 0 unspecified atom stereocenters. The Hall–Kier alpha value is -2.00. The zero-order chi connectivity index (χ0) is 17.0. The average Bonchev–Trinajstić information content (AvgIpc) is 2.42. The van der Waals surface area contributed by atoms with Gasteiger partial charge in [-0.15, -0.1) is 4.83 Å². The van der Waals surface area contributed by atoms with E-state index in [9.17, 15) is 13.2 Å². The van der Waals surface area contributed by atoms with Crippen molar-refractivity contribution in [1.29, 1.82) is 0 Å². The molecule has 0 saturated carbocycles. The molecule has 0 heterocycles. The minimum Gasteiger partial charge on any atom is -0.497 e. The highest BCUT2D eigenvalue weighted by molar-refractivity contribution is 7.89. The molecule has 0 aliphatic carbocycles. The number of hydrogen-bond acceptors (Lipinski definition) is 6. The van der Waals surface area contributed by atoms with Crippen molar-refractivity contribution in [3.05, 3.63) is 18.2 Å². The van der Waals surface area contributed by atoms with Crippen LogP contribution in [0.25, 0.3) is 0 Å². The molecular formula is C13H20N2O6S. The molecule has 22 heavy (non-hydrogen) atoms. The SMILES string of the molecule is COc1ccc(OC)c(S(=O)(=O)NNC(=O)OC(C)(C)C)c1. The van der Waals surface area contributed by atoms with Crippen LogP contribution in [0.1, 0.15) is 20.8 Å². The molecule has 2 N–H and O–H groups in total. The lowest BCUT2D eigenvalue weighted by atomic mass is 10.2. The molecule has 0 bridgehead atoms. The Balaban J connectivity index is 2.93. The topological polar surface area (TPSA) is 103 Å². The van der Waals surface area contributed by atoms with Crippen molar-refractivity contribution in [2.24, 2.45) is 0 Å². The second-order valence-corrected chi connectivity index (χ2v) is 6.90. The first-order chi connectivity index (χ1) is 10.1. The number of ether oxygens (including phenoxy) is 3. The lowest BCUT2D eigenvalue weighted by molar-refractivity contribution is 0.0515. The molecule has 0 spiro atoms. The number of rotatable bonds is 5. The molecule has 1 aromatic carbocycles. The highest BCUT2D eigenvalue weighted by Crippen LogP contribution is 2.27. The quantitative estimate of drug-likeness (QED) is 0.791. The van der Waals surface area contributed by atoms with Crippen molar-refractivity contribution in [2.45, 2.75) is 31.3 Å². The van der Waals surface area contributed by atoms with Crippen molar-refractivity contribution in [1.82, 2.24) is 10.3 Å². The minimum absolute atomic E-state index is 0.110. The maximum Gasteiger partial charge on any atom is 0.423 e. The van der Waals surface area contributed by atoms with E-state index in [0.29, 0.717) is 5.75 Å². The van der Waals surface area contributed by atoms with E-state index in [2.05, 4.69) is 0 Å². The first kappa shape index (κ1) is 18.1. The van der Waals surface area contributed by atoms with Gasteiger partial charge in [0.1, 0.15) is 22.0 Å². The van der Waals surface area contributed by atoms with Gasteiger partial charge in [0.15, 0.2) is 0 Å². The van der Waals surface area contributed by atoms with E-state index in [1.54, 1.807) is 26.8 Å². The largest absolute Gasteiger partial charge is 0.497 e. The second kappa shape index (κ2) is 6.84. The molecule has 124 valence electrons. The van der Waals surface area contributed by atoms with Crippen LogP contribution in [0.5, 0.6) is 11.5 Å². The Morgan fingerprint density at radius 2 is 1.77 bits per heavy atom. The van der Waals surface area contributed by atoms with Gasteiger partial charge in [0.25, 0.3) is 10.0 Å². The van der Waals surface area contributed by atoms with Gasteiger partial charge < -0.3 is 14.2 Å². The van der Waals surface area contributed by atoms with Crippen LogP contribution in [0.4, 0.5) is 4.79 Å². The van der Waals surface area contributed by atoms with E-state index in [4.69, 9.17) is 14.2 Å². The lowest BCUT2D eigenvalue weighted by Crippen LogP contribution is -2.44. The van der Waals surface area contributed by atoms with E-state index < -0.39 is 21.7 Å². The number of hydrazine groups is 1. The van der Waals surface area contributed by atoms with Crippen LogP contribution < -0.4 is 19.7 Å². The van der Waals surface area contributed by atoms with Crippen molar-refractivity contribution in [3.8, 4) is 11.5 Å². The van der Waals surface area contributed by atoms with E-state index in [1.807, 2.05) is 10.3 Å². The molecule has 0 aliphatic heterocycles. The number of amides is 1. The molecule has 9 heteroatoms. The van der Waals surface area contributed by atoms with Crippen molar-refractivity contribution < 1.29 is 27.4 Å². The standard InChI is InChI=1S/C13H20N2O6S/c1-13(2,3)21-12(16)14-15-22(17,18)11-8-9(19-4)6-7-10(11)20-5/h6-8,15H,1-5H3,(H,14,16). The maximum absolute atomic E-state index is 12.2. The number of hydrogen-bond donors (Lipinski definition) is 2.